The predicted octanol–water partition coefficient (Wildman–Crippen LogP) is 2.72. The van der Waals surface area contributed by atoms with Crippen molar-refractivity contribution in [3.05, 3.63) is 51.7 Å². The minimum atomic E-state index is -1.09. The highest BCUT2D eigenvalue weighted by Gasteiger charge is 2.46. The molecule has 0 radical (unpaired) electrons. The first kappa shape index (κ1) is 17.6. The summed E-state index contributed by atoms with van der Waals surface area (Å²) in [5.74, 6) is -1.33. The summed E-state index contributed by atoms with van der Waals surface area (Å²) in [5, 5.41) is 18.1. The van der Waals surface area contributed by atoms with Crippen LogP contribution in [0.4, 0.5) is 5.69 Å². The van der Waals surface area contributed by atoms with E-state index < -0.39 is 17.4 Å². The Balaban J connectivity index is 1.62. The lowest BCUT2D eigenvalue weighted by Gasteiger charge is -2.27. The molecule has 0 spiro atoms. The van der Waals surface area contributed by atoms with Crippen molar-refractivity contribution in [1.29, 1.82) is 0 Å². The third-order valence-corrected chi connectivity index (χ3v) is 5.59. The minimum absolute atomic E-state index is 0.0390. The molecule has 2 amide bonds. The third-order valence-electron chi connectivity index (χ3n) is 4.56. The summed E-state index contributed by atoms with van der Waals surface area (Å²) in [5.41, 5.74) is 1.50. The molecule has 2 aromatic rings. The van der Waals surface area contributed by atoms with Gasteiger partial charge in [-0.1, -0.05) is 23.8 Å². The molecule has 25 heavy (non-hydrogen) atoms. The van der Waals surface area contributed by atoms with E-state index in [0.717, 1.165) is 28.8 Å². The van der Waals surface area contributed by atoms with Gasteiger partial charge >= 0.3 is 11.8 Å². The Hall–Kier alpha value is -2.18. The fourth-order valence-electron chi connectivity index (χ4n) is 2.95. The molecule has 1 unspecified atom stereocenters. The standard InChI is InChI=1S/C19H22N2O3S/c1-12-5-8-15(13(2)10-12)21-18(23)17(22)20-11-19(24,14-6-7-14)16-4-3-9-25-16/h3-5,8-10,14,24H,6-7,11H2,1-2H3,(H,20,22)(H,21,23). The van der Waals surface area contributed by atoms with Crippen LogP contribution >= 0.6 is 11.3 Å². The molecular weight excluding hydrogens is 336 g/mol. The molecule has 0 saturated heterocycles. The van der Waals surface area contributed by atoms with Gasteiger partial charge in [-0.2, -0.15) is 0 Å². The van der Waals surface area contributed by atoms with Crippen molar-refractivity contribution in [3.8, 4) is 0 Å². The van der Waals surface area contributed by atoms with E-state index in [-0.39, 0.29) is 12.5 Å². The minimum Gasteiger partial charge on any atom is -0.382 e. The molecule has 1 aliphatic rings. The van der Waals surface area contributed by atoms with Gasteiger partial charge in [0.1, 0.15) is 5.60 Å². The lowest BCUT2D eigenvalue weighted by molar-refractivity contribution is -0.137. The van der Waals surface area contributed by atoms with Gasteiger partial charge in [-0.15, -0.1) is 11.3 Å². The third kappa shape index (κ3) is 3.91. The fourth-order valence-corrected chi connectivity index (χ4v) is 3.85. The first-order valence-corrected chi connectivity index (χ1v) is 9.21. The van der Waals surface area contributed by atoms with Gasteiger partial charge in [-0.25, -0.2) is 0 Å². The normalized spacial score (nSPS) is 16.1. The molecule has 1 aromatic carbocycles. The van der Waals surface area contributed by atoms with Crippen molar-refractivity contribution in [2.24, 2.45) is 5.92 Å². The lowest BCUT2D eigenvalue weighted by atomic mass is 9.95. The number of carbonyl (C=O) groups excluding carboxylic acids is 2. The van der Waals surface area contributed by atoms with Crippen LogP contribution in [0.5, 0.6) is 0 Å². The van der Waals surface area contributed by atoms with Gasteiger partial charge in [0.25, 0.3) is 0 Å². The van der Waals surface area contributed by atoms with Gasteiger partial charge < -0.3 is 15.7 Å². The SMILES string of the molecule is Cc1ccc(NC(=O)C(=O)NCC(O)(c2cccs2)C2CC2)c(C)c1. The second-order valence-corrected chi connectivity index (χ2v) is 7.58. The van der Waals surface area contributed by atoms with Crippen molar-refractivity contribution >= 4 is 28.8 Å². The van der Waals surface area contributed by atoms with E-state index in [1.807, 2.05) is 43.5 Å². The maximum absolute atomic E-state index is 12.2. The second kappa shape index (κ2) is 6.98. The maximum atomic E-state index is 12.2. The van der Waals surface area contributed by atoms with E-state index in [9.17, 15) is 14.7 Å². The Morgan fingerprint density at radius 2 is 2.00 bits per heavy atom. The highest BCUT2D eigenvalue weighted by Crippen LogP contribution is 2.46. The van der Waals surface area contributed by atoms with Crippen LogP contribution in [-0.4, -0.2) is 23.5 Å². The summed E-state index contributed by atoms with van der Waals surface area (Å²) in [6, 6.07) is 9.34. The van der Waals surface area contributed by atoms with Crippen LogP contribution in [0.25, 0.3) is 0 Å². The van der Waals surface area contributed by atoms with Crippen LogP contribution in [0.2, 0.25) is 0 Å². The van der Waals surface area contributed by atoms with E-state index in [2.05, 4.69) is 10.6 Å². The molecule has 3 N–H and O–H groups in total. The largest absolute Gasteiger partial charge is 0.382 e. The van der Waals surface area contributed by atoms with Crippen molar-refractivity contribution in [2.75, 3.05) is 11.9 Å². The number of aliphatic hydroxyl groups is 1. The van der Waals surface area contributed by atoms with Gasteiger partial charge in [-0.05, 0) is 55.7 Å². The number of rotatable bonds is 5. The monoisotopic (exact) mass is 358 g/mol. The molecule has 1 aliphatic carbocycles. The molecule has 3 rings (SSSR count). The molecule has 6 heteroatoms. The number of carbonyl (C=O) groups is 2. The summed E-state index contributed by atoms with van der Waals surface area (Å²) in [6.07, 6.45) is 1.86. The fraction of sp³-hybridized carbons (Fsp3) is 0.368. The molecule has 1 atom stereocenters. The Kier molecular flexibility index (Phi) is 4.92. The van der Waals surface area contributed by atoms with Gasteiger partial charge in [0, 0.05) is 10.6 Å². The number of nitrogens with one attached hydrogen (secondary N) is 2. The average molecular weight is 358 g/mol. The Bertz CT molecular complexity index is 784. The van der Waals surface area contributed by atoms with Gasteiger partial charge in [-0.3, -0.25) is 9.59 Å². The second-order valence-electron chi connectivity index (χ2n) is 6.63. The van der Waals surface area contributed by atoms with Crippen molar-refractivity contribution < 1.29 is 14.7 Å². The highest BCUT2D eigenvalue weighted by molar-refractivity contribution is 7.10. The van der Waals surface area contributed by atoms with Crippen LogP contribution in [0, 0.1) is 19.8 Å². The van der Waals surface area contributed by atoms with E-state index in [4.69, 9.17) is 0 Å². The quantitative estimate of drug-likeness (QED) is 0.719. The maximum Gasteiger partial charge on any atom is 0.313 e. The lowest BCUT2D eigenvalue weighted by Crippen LogP contribution is -2.45. The van der Waals surface area contributed by atoms with Gasteiger partial charge in [0.2, 0.25) is 0 Å². The molecule has 1 fully saturated rings. The first-order valence-electron chi connectivity index (χ1n) is 8.33. The summed E-state index contributed by atoms with van der Waals surface area (Å²) in [4.78, 5) is 25.1. The molecule has 0 bridgehead atoms. The summed E-state index contributed by atoms with van der Waals surface area (Å²) >= 11 is 1.46. The summed E-state index contributed by atoms with van der Waals surface area (Å²) in [6.45, 7) is 3.88. The van der Waals surface area contributed by atoms with E-state index in [1.165, 1.54) is 11.3 Å². The molecule has 1 aromatic heterocycles. The topological polar surface area (TPSA) is 78.4 Å². The Labute approximate surface area is 151 Å². The number of aryl methyl sites for hydroxylation is 2. The number of amides is 2. The molecular formula is C19H22N2O3S. The molecule has 132 valence electrons. The smallest absolute Gasteiger partial charge is 0.313 e. The van der Waals surface area contributed by atoms with E-state index in [1.54, 1.807) is 6.07 Å². The number of thiophene rings is 1. The Morgan fingerprint density at radius 1 is 1.24 bits per heavy atom. The van der Waals surface area contributed by atoms with Crippen LogP contribution in [0.15, 0.2) is 35.7 Å². The van der Waals surface area contributed by atoms with Crippen molar-refractivity contribution in [1.82, 2.24) is 5.32 Å². The van der Waals surface area contributed by atoms with E-state index in [0.29, 0.717) is 5.69 Å². The number of benzene rings is 1. The zero-order valence-electron chi connectivity index (χ0n) is 14.3. The van der Waals surface area contributed by atoms with Crippen molar-refractivity contribution in [2.45, 2.75) is 32.3 Å². The number of hydrogen-bond acceptors (Lipinski definition) is 4. The van der Waals surface area contributed by atoms with Gasteiger partial charge in [0.05, 0.1) is 6.54 Å². The summed E-state index contributed by atoms with van der Waals surface area (Å²) < 4.78 is 0. The van der Waals surface area contributed by atoms with Crippen LogP contribution in [-0.2, 0) is 15.2 Å². The molecule has 5 nitrogen and oxygen atoms in total. The van der Waals surface area contributed by atoms with Crippen molar-refractivity contribution in [3.63, 3.8) is 0 Å². The predicted molar refractivity (Wildman–Crippen MR) is 98.5 cm³/mol. The Morgan fingerprint density at radius 3 is 2.60 bits per heavy atom. The molecule has 0 aliphatic heterocycles. The van der Waals surface area contributed by atoms with Crippen LogP contribution < -0.4 is 10.6 Å². The zero-order valence-corrected chi connectivity index (χ0v) is 15.2. The van der Waals surface area contributed by atoms with E-state index >= 15 is 0 Å². The first-order chi connectivity index (χ1) is 11.9. The van der Waals surface area contributed by atoms with Crippen LogP contribution in [0.1, 0.15) is 28.8 Å². The van der Waals surface area contributed by atoms with Crippen LogP contribution in [0.3, 0.4) is 0 Å². The number of anilines is 1. The molecule has 1 heterocycles. The highest BCUT2D eigenvalue weighted by atomic mass is 32.1. The number of hydrogen-bond donors (Lipinski definition) is 3. The molecule has 1 saturated carbocycles. The zero-order chi connectivity index (χ0) is 18.0. The van der Waals surface area contributed by atoms with Gasteiger partial charge in [0.15, 0.2) is 0 Å². The summed E-state index contributed by atoms with van der Waals surface area (Å²) in [7, 11) is 0. The average Bonchev–Trinajstić information content (AvgIpc) is 3.29.